The van der Waals surface area contributed by atoms with Crippen molar-refractivity contribution in [3.05, 3.63) is 23.6 Å². The molecule has 1 aromatic heterocycles. The van der Waals surface area contributed by atoms with Crippen LogP contribution in [0.15, 0.2) is 12.3 Å². The van der Waals surface area contributed by atoms with E-state index in [1.165, 1.54) is 6.20 Å². The highest BCUT2D eigenvalue weighted by Crippen LogP contribution is 2.21. The van der Waals surface area contributed by atoms with E-state index in [1.54, 1.807) is 0 Å². The Hall–Kier alpha value is -1.78. The molecule has 60 valence electrons. The quantitative estimate of drug-likeness (QED) is 0.566. The van der Waals surface area contributed by atoms with Gasteiger partial charge in [-0.05, 0) is 6.07 Å². The van der Waals surface area contributed by atoms with Crippen molar-refractivity contribution in [2.45, 2.75) is 0 Å². The average Bonchev–Trinajstić information content (AvgIpc) is 2.29. The van der Waals surface area contributed by atoms with E-state index >= 15 is 0 Å². The van der Waals surface area contributed by atoms with Gasteiger partial charge in [-0.25, -0.2) is 9.37 Å². The number of pyridine rings is 1. The number of halogens is 1. The maximum Gasteiger partial charge on any atom is 0.298 e. The Labute approximate surface area is 66.4 Å². The molecule has 1 aliphatic rings. The summed E-state index contributed by atoms with van der Waals surface area (Å²) in [6.45, 7) is 0. The molecule has 0 aromatic carbocycles. The first-order valence-corrected chi connectivity index (χ1v) is 3.20. The van der Waals surface area contributed by atoms with Crippen molar-refractivity contribution in [3.8, 4) is 0 Å². The topological polar surface area (TPSA) is 59.1 Å². The number of ketones is 1. The minimum absolute atomic E-state index is 0.00463. The van der Waals surface area contributed by atoms with Gasteiger partial charge in [-0.1, -0.05) is 0 Å². The van der Waals surface area contributed by atoms with Gasteiger partial charge in [0.25, 0.3) is 11.7 Å². The molecule has 0 fully saturated rings. The zero-order chi connectivity index (χ0) is 8.72. The summed E-state index contributed by atoms with van der Waals surface area (Å²) in [4.78, 5) is 25.3. The third-order valence-corrected chi connectivity index (χ3v) is 1.57. The fraction of sp³-hybridized carbons (Fsp3) is 0. The van der Waals surface area contributed by atoms with Gasteiger partial charge in [-0.2, -0.15) is 0 Å². The molecule has 5 heteroatoms. The van der Waals surface area contributed by atoms with E-state index < -0.39 is 17.5 Å². The first-order chi connectivity index (χ1) is 5.70. The summed E-state index contributed by atoms with van der Waals surface area (Å²) in [5, 5.41) is 2.15. The molecule has 12 heavy (non-hydrogen) atoms. The third kappa shape index (κ3) is 0.730. The first kappa shape index (κ1) is 6.90. The zero-order valence-electron chi connectivity index (χ0n) is 5.80. The van der Waals surface area contributed by atoms with Crippen LogP contribution in [0.2, 0.25) is 0 Å². The second-order valence-corrected chi connectivity index (χ2v) is 2.30. The molecule has 0 saturated carbocycles. The number of rotatable bonds is 0. The molecule has 0 radical (unpaired) electrons. The van der Waals surface area contributed by atoms with Crippen LogP contribution in [0.5, 0.6) is 0 Å². The molecule has 1 aliphatic heterocycles. The Kier molecular flexibility index (Phi) is 1.21. The summed E-state index contributed by atoms with van der Waals surface area (Å²) in [6, 6.07) is 1.04. The van der Waals surface area contributed by atoms with Gasteiger partial charge in [0, 0.05) is 6.20 Å². The van der Waals surface area contributed by atoms with E-state index in [0.29, 0.717) is 0 Å². The highest BCUT2D eigenvalue weighted by molar-refractivity contribution is 6.51. The molecule has 1 amide bonds. The second kappa shape index (κ2) is 2.10. The highest BCUT2D eigenvalue weighted by atomic mass is 19.1. The molecule has 0 saturated heterocycles. The van der Waals surface area contributed by atoms with E-state index in [4.69, 9.17) is 0 Å². The van der Waals surface area contributed by atoms with Gasteiger partial charge in [-0.15, -0.1) is 0 Å². The number of carbonyl (C=O) groups is 2. The van der Waals surface area contributed by atoms with Crippen LogP contribution in [-0.4, -0.2) is 16.7 Å². The molecule has 1 aromatic rings. The lowest BCUT2D eigenvalue weighted by atomic mass is 10.2. The van der Waals surface area contributed by atoms with Crippen LogP contribution in [0.4, 0.5) is 10.2 Å². The van der Waals surface area contributed by atoms with Crippen LogP contribution in [0.1, 0.15) is 10.4 Å². The molecule has 4 nitrogen and oxygen atoms in total. The predicted octanol–water partition coefficient (Wildman–Crippen LogP) is 0.355. The number of amides is 1. The smallest absolute Gasteiger partial charge is 0.298 e. The highest BCUT2D eigenvalue weighted by Gasteiger charge is 2.31. The summed E-state index contributed by atoms with van der Waals surface area (Å²) >= 11 is 0. The number of fused-ring (bicyclic) bond motifs is 1. The minimum atomic E-state index is -0.865. The van der Waals surface area contributed by atoms with Gasteiger partial charge in [0.05, 0.1) is 0 Å². The summed E-state index contributed by atoms with van der Waals surface area (Å²) in [5.74, 6) is -2.41. The van der Waals surface area contributed by atoms with Crippen molar-refractivity contribution >= 4 is 17.5 Å². The monoisotopic (exact) mass is 166 g/mol. The Bertz CT molecular complexity index is 389. The van der Waals surface area contributed by atoms with Crippen molar-refractivity contribution in [1.29, 1.82) is 0 Å². The number of carbonyl (C=O) groups excluding carboxylic acids is 2. The molecular weight excluding hydrogens is 163 g/mol. The molecule has 0 bridgehead atoms. The van der Waals surface area contributed by atoms with E-state index in [-0.39, 0.29) is 11.4 Å². The molecule has 2 rings (SSSR count). The number of Topliss-reactive ketones (excluding diaryl/α,β-unsaturated/α-hetero) is 1. The van der Waals surface area contributed by atoms with Gasteiger partial charge in [0.1, 0.15) is 17.2 Å². The molecule has 0 unspecified atom stereocenters. The fourth-order valence-electron chi connectivity index (χ4n) is 1.03. The Balaban J connectivity index is 2.70. The molecule has 0 aliphatic carbocycles. The standard InChI is InChI=1S/C7H3FN2O2/c8-3-1-2-9-6-4(3)5(11)7(12)10-6/h1-2H,(H,9,10,11,12). The van der Waals surface area contributed by atoms with Crippen LogP contribution < -0.4 is 5.32 Å². The van der Waals surface area contributed by atoms with Crippen LogP contribution in [0.3, 0.4) is 0 Å². The molecular formula is C7H3FN2O2. The number of nitrogens with zero attached hydrogens (tertiary/aromatic N) is 1. The fourth-order valence-corrected chi connectivity index (χ4v) is 1.03. The Morgan fingerprint density at radius 2 is 2.17 bits per heavy atom. The normalized spacial score (nSPS) is 14.4. The van der Waals surface area contributed by atoms with Crippen molar-refractivity contribution in [1.82, 2.24) is 4.98 Å². The molecule has 1 N–H and O–H groups in total. The van der Waals surface area contributed by atoms with Crippen molar-refractivity contribution in [2.24, 2.45) is 0 Å². The average molecular weight is 166 g/mol. The number of anilines is 1. The van der Waals surface area contributed by atoms with Crippen LogP contribution in [0, 0.1) is 5.82 Å². The predicted molar refractivity (Wildman–Crippen MR) is 37.2 cm³/mol. The SMILES string of the molecule is O=C1Nc2nccc(F)c2C1=O. The molecule has 0 atom stereocenters. The lowest BCUT2D eigenvalue weighted by Crippen LogP contribution is -2.13. The van der Waals surface area contributed by atoms with Gasteiger partial charge in [0.2, 0.25) is 0 Å². The number of nitrogens with one attached hydrogen (secondary N) is 1. The van der Waals surface area contributed by atoms with Crippen molar-refractivity contribution < 1.29 is 14.0 Å². The summed E-state index contributed by atoms with van der Waals surface area (Å²) in [5.41, 5.74) is -0.262. The minimum Gasteiger partial charge on any atom is -0.303 e. The maximum atomic E-state index is 12.9. The van der Waals surface area contributed by atoms with Crippen LogP contribution in [-0.2, 0) is 4.79 Å². The first-order valence-electron chi connectivity index (χ1n) is 3.20. The summed E-state index contributed by atoms with van der Waals surface area (Å²) < 4.78 is 12.9. The number of aromatic nitrogens is 1. The van der Waals surface area contributed by atoms with Crippen LogP contribution in [0.25, 0.3) is 0 Å². The summed E-state index contributed by atoms with van der Waals surface area (Å²) in [6.07, 6.45) is 1.19. The van der Waals surface area contributed by atoms with Crippen LogP contribution >= 0.6 is 0 Å². The molecule has 0 spiro atoms. The second-order valence-electron chi connectivity index (χ2n) is 2.30. The van der Waals surface area contributed by atoms with Crippen molar-refractivity contribution in [3.63, 3.8) is 0 Å². The largest absolute Gasteiger partial charge is 0.303 e. The Morgan fingerprint density at radius 3 is 2.83 bits per heavy atom. The Morgan fingerprint density at radius 1 is 1.42 bits per heavy atom. The van der Waals surface area contributed by atoms with Gasteiger partial charge in [0.15, 0.2) is 0 Å². The van der Waals surface area contributed by atoms with E-state index in [2.05, 4.69) is 10.3 Å². The third-order valence-electron chi connectivity index (χ3n) is 1.57. The number of hydrogen-bond acceptors (Lipinski definition) is 3. The van der Waals surface area contributed by atoms with E-state index in [1.807, 2.05) is 0 Å². The van der Waals surface area contributed by atoms with E-state index in [0.717, 1.165) is 6.07 Å². The van der Waals surface area contributed by atoms with Gasteiger partial charge >= 0.3 is 0 Å². The molecule has 2 heterocycles. The summed E-state index contributed by atoms with van der Waals surface area (Å²) in [7, 11) is 0. The van der Waals surface area contributed by atoms with Crippen molar-refractivity contribution in [2.75, 3.05) is 5.32 Å². The number of hydrogen-bond donors (Lipinski definition) is 1. The lowest BCUT2D eigenvalue weighted by molar-refractivity contribution is -0.112. The van der Waals surface area contributed by atoms with Gasteiger partial charge < -0.3 is 5.32 Å². The maximum absolute atomic E-state index is 12.9. The lowest BCUT2D eigenvalue weighted by Gasteiger charge is -1.93. The van der Waals surface area contributed by atoms with E-state index in [9.17, 15) is 14.0 Å². The van der Waals surface area contributed by atoms with Gasteiger partial charge in [-0.3, -0.25) is 9.59 Å². The zero-order valence-corrected chi connectivity index (χ0v) is 5.80.